The van der Waals surface area contributed by atoms with E-state index in [1.165, 1.54) is 4.88 Å². The van der Waals surface area contributed by atoms with Crippen molar-refractivity contribution in [2.24, 2.45) is 5.92 Å². The molecule has 2 nitrogen and oxygen atoms in total. The first-order valence-electron chi connectivity index (χ1n) is 5.90. The number of hydrogen-bond donors (Lipinski definition) is 1. The number of carbonyl (C=O) groups is 1. The maximum absolute atomic E-state index is 12.1. The van der Waals surface area contributed by atoms with Crippen molar-refractivity contribution in [2.45, 2.75) is 38.5 Å². The molecular formula is C13H21NOS2. The number of amides is 1. The molecule has 1 aromatic heterocycles. The molecule has 0 aromatic carbocycles. The van der Waals surface area contributed by atoms with E-state index in [-0.39, 0.29) is 23.1 Å². The summed E-state index contributed by atoms with van der Waals surface area (Å²) >= 11 is 6.12. The summed E-state index contributed by atoms with van der Waals surface area (Å²) in [6, 6.07) is 4.37. The summed E-state index contributed by atoms with van der Waals surface area (Å²) in [5, 5.41) is 1.87. The number of carbonyl (C=O) groups excluding carboxylic acids is 1. The minimum Gasteiger partial charge on any atom is -0.342 e. The average Bonchev–Trinajstić information content (AvgIpc) is 2.78. The topological polar surface area (TPSA) is 20.3 Å². The Bertz CT molecular complexity index is 348. The van der Waals surface area contributed by atoms with Gasteiger partial charge in [0, 0.05) is 24.4 Å². The fourth-order valence-corrected chi connectivity index (χ4v) is 2.58. The second kappa shape index (κ2) is 6.45. The predicted molar refractivity (Wildman–Crippen MR) is 77.9 cm³/mol. The molecular weight excluding hydrogens is 250 g/mol. The van der Waals surface area contributed by atoms with E-state index >= 15 is 0 Å². The van der Waals surface area contributed by atoms with Crippen LogP contribution in [0.25, 0.3) is 0 Å². The van der Waals surface area contributed by atoms with Crippen molar-refractivity contribution in [3.63, 3.8) is 0 Å². The van der Waals surface area contributed by atoms with Crippen LogP contribution >= 0.6 is 24.0 Å². The first-order valence-corrected chi connectivity index (χ1v) is 7.30. The van der Waals surface area contributed by atoms with E-state index in [0.717, 1.165) is 6.42 Å². The zero-order chi connectivity index (χ0) is 13.0. The van der Waals surface area contributed by atoms with Gasteiger partial charge in [-0.05, 0) is 24.3 Å². The lowest BCUT2D eigenvalue weighted by Crippen LogP contribution is -2.42. The van der Waals surface area contributed by atoms with E-state index in [1.54, 1.807) is 11.3 Å². The quantitative estimate of drug-likeness (QED) is 0.816. The van der Waals surface area contributed by atoms with Crippen LogP contribution in [0.2, 0.25) is 0 Å². The molecule has 2 atom stereocenters. The van der Waals surface area contributed by atoms with Crippen LogP contribution in [0.15, 0.2) is 17.5 Å². The summed E-state index contributed by atoms with van der Waals surface area (Å²) < 4.78 is 0. The molecule has 0 aliphatic heterocycles. The Morgan fingerprint density at radius 2 is 2.12 bits per heavy atom. The molecule has 17 heavy (non-hydrogen) atoms. The first kappa shape index (κ1) is 14.6. The fourth-order valence-electron chi connectivity index (χ4n) is 1.57. The third-order valence-electron chi connectivity index (χ3n) is 2.97. The van der Waals surface area contributed by atoms with Crippen molar-refractivity contribution in [1.82, 2.24) is 4.90 Å². The maximum Gasteiger partial charge on any atom is 0.235 e. The van der Waals surface area contributed by atoms with Crippen molar-refractivity contribution < 1.29 is 4.79 Å². The Labute approximate surface area is 113 Å². The van der Waals surface area contributed by atoms with Crippen LogP contribution < -0.4 is 0 Å². The van der Waals surface area contributed by atoms with Crippen LogP contribution in [0.4, 0.5) is 0 Å². The summed E-state index contributed by atoms with van der Waals surface area (Å²) in [5.74, 6) is 0.384. The van der Waals surface area contributed by atoms with E-state index in [2.05, 4.69) is 31.0 Å². The lowest BCUT2D eigenvalue weighted by atomic mass is 10.1. The predicted octanol–water partition coefficient (Wildman–Crippen LogP) is 3.09. The molecule has 0 radical (unpaired) electrons. The second-order valence-corrected chi connectivity index (χ2v) is 6.36. The van der Waals surface area contributed by atoms with E-state index in [4.69, 9.17) is 0 Å². The molecule has 0 bridgehead atoms. The highest BCUT2D eigenvalue weighted by atomic mass is 32.1. The Kier molecular flexibility index (Phi) is 5.53. The van der Waals surface area contributed by atoms with E-state index in [0.29, 0.717) is 0 Å². The van der Waals surface area contributed by atoms with Crippen LogP contribution in [0, 0.1) is 5.92 Å². The van der Waals surface area contributed by atoms with Crippen molar-refractivity contribution in [1.29, 1.82) is 0 Å². The minimum absolute atomic E-state index is 0.118. The maximum atomic E-state index is 12.1. The second-order valence-electron chi connectivity index (χ2n) is 4.77. The third-order valence-corrected chi connectivity index (χ3v) is 4.69. The zero-order valence-electron chi connectivity index (χ0n) is 10.9. The van der Waals surface area contributed by atoms with Gasteiger partial charge in [-0.1, -0.05) is 19.9 Å². The molecule has 0 N–H and O–H groups in total. The Balaban J connectivity index is 2.57. The van der Waals surface area contributed by atoms with Gasteiger partial charge < -0.3 is 4.90 Å². The van der Waals surface area contributed by atoms with Gasteiger partial charge in [-0.25, -0.2) is 0 Å². The van der Waals surface area contributed by atoms with Gasteiger partial charge >= 0.3 is 0 Å². The van der Waals surface area contributed by atoms with Gasteiger partial charge in [-0.15, -0.1) is 11.3 Å². The highest BCUT2D eigenvalue weighted by Gasteiger charge is 2.24. The Morgan fingerprint density at radius 3 is 2.59 bits per heavy atom. The molecule has 0 saturated carbocycles. The molecule has 0 saturated heterocycles. The van der Waals surface area contributed by atoms with E-state index < -0.39 is 0 Å². The van der Waals surface area contributed by atoms with E-state index in [1.807, 2.05) is 31.9 Å². The third kappa shape index (κ3) is 4.03. The molecule has 1 aromatic rings. The number of likely N-dealkylation sites (N-methyl/N-ethyl adjacent to an activating group) is 1. The zero-order valence-corrected chi connectivity index (χ0v) is 12.6. The number of thiol groups is 1. The van der Waals surface area contributed by atoms with Crippen molar-refractivity contribution >= 4 is 29.9 Å². The number of hydrogen-bond acceptors (Lipinski definition) is 3. The highest BCUT2D eigenvalue weighted by molar-refractivity contribution is 7.81. The first-order chi connectivity index (χ1) is 7.93. The van der Waals surface area contributed by atoms with Crippen LogP contribution in [0.5, 0.6) is 0 Å². The van der Waals surface area contributed by atoms with Gasteiger partial charge in [0.2, 0.25) is 5.91 Å². The lowest BCUT2D eigenvalue weighted by Gasteiger charge is -2.28. The number of nitrogens with zero attached hydrogens (tertiary/aromatic N) is 1. The molecule has 1 amide bonds. The molecule has 4 heteroatoms. The van der Waals surface area contributed by atoms with Crippen LogP contribution in [0.3, 0.4) is 0 Å². The minimum atomic E-state index is -0.203. The molecule has 1 heterocycles. The largest absolute Gasteiger partial charge is 0.342 e. The summed E-state index contributed by atoms with van der Waals surface area (Å²) in [5.41, 5.74) is 0. The standard InChI is InChI=1S/C13H21NOS2/c1-9(2)12(16)13(15)14(4)10(3)8-11-6-5-7-17-11/h5-7,9-10,12,16H,8H2,1-4H3. The van der Waals surface area contributed by atoms with Gasteiger partial charge in [-0.2, -0.15) is 12.6 Å². The SMILES string of the molecule is CC(C)C(S)C(=O)N(C)C(C)Cc1cccs1. The summed E-state index contributed by atoms with van der Waals surface area (Å²) in [4.78, 5) is 15.2. The molecule has 2 unspecified atom stereocenters. The van der Waals surface area contributed by atoms with Gasteiger partial charge in [0.1, 0.15) is 0 Å². The van der Waals surface area contributed by atoms with Crippen LogP contribution in [-0.2, 0) is 11.2 Å². The fraction of sp³-hybridized carbons (Fsp3) is 0.615. The van der Waals surface area contributed by atoms with Gasteiger partial charge in [0.25, 0.3) is 0 Å². The lowest BCUT2D eigenvalue weighted by molar-refractivity contribution is -0.131. The Morgan fingerprint density at radius 1 is 1.47 bits per heavy atom. The van der Waals surface area contributed by atoms with Crippen molar-refractivity contribution in [3.05, 3.63) is 22.4 Å². The van der Waals surface area contributed by atoms with Gasteiger partial charge in [0.05, 0.1) is 5.25 Å². The monoisotopic (exact) mass is 271 g/mol. The summed E-state index contributed by atoms with van der Waals surface area (Å²) in [6.45, 7) is 6.12. The van der Waals surface area contributed by atoms with Crippen LogP contribution in [0.1, 0.15) is 25.6 Å². The highest BCUT2D eigenvalue weighted by Crippen LogP contribution is 2.17. The number of rotatable bonds is 5. The Hall–Kier alpha value is -0.480. The van der Waals surface area contributed by atoms with Gasteiger partial charge in [-0.3, -0.25) is 4.79 Å². The van der Waals surface area contributed by atoms with Crippen molar-refractivity contribution in [2.75, 3.05) is 7.05 Å². The molecule has 0 spiro atoms. The molecule has 96 valence electrons. The summed E-state index contributed by atoms with van der Waals surface area (Å²) in [6.07, 6.45) is 0.915. The molecule has 0 aliphatic rings. The average molecular weight is 271 g/mol. The molecule has 0 fully saturated rings. The van der Waals surface area contributed by atoms with Gasteiger partial charge in [0.15, 0.2) is 0 Å². The smallest absolute Gasteiger partial charge is 0.235 e. The molecule has 1 rings (SSSR count). The molecule has 0 aliphatic carbocycles. The number of thiophene rings is 1. The van der Waals surface area contributed by atoms with E-state index in [9.17, 15) is 4.79 Å². The van der Waals surface area contributed by atoms with Crippen LogP contribution in [-0.4, -0.2) is 29.1 Å². The summed E-state index contributed by atoms with van der Waals surface area (Å²) in [7, 11) is 1.87. The van der Waals surface area contributed by atoms with Crippen molar-refractivity contribution in [3.8, 4) is 0 Å². The normalized spacial score (nSPS) is 14.7.